The van der Waals surface area contributed by atoms with Crippen molar-refractivity contribution in [1.82, 2.24) is 0 Å². The molecule has 0 aliphatic rings. The van der Waals surface area contributed by atoms with Gasteiger partial charge in [-0.2, -0.15) is 0 Å². The Labute approximate surface area is 548 Å². The highest BCUT2D eigenvalue weighted by atomic mass is 31.2. The van der Waals surface area contributed by atoms with Crippen molar-refractivity contribution in [3.05, 3.63) is 24.3 Å². The molecule has 19 heteroatoms. The molecular weight excluding hydrogens is 1190 g/mol. The van der Waals surface area contributed by atoms with Gasteiger partial charge in [-0.1, -0.05) is 290 Å². The number of allylic oxidation sites excluding steroid dienone is 4. The van der Waals surface area contributed by atoms with Crippen molar-refractivity contribution >= 4 is 39.5 Å². The summed E-state index contributed by atoms with van der Waals surface area (Å²) in [6.45, 7) is 7.19. The molecule has 0 aromatic rings. The summed E-state index contributed by atoms with van der Waals surface area (Å²) in [5.41, 5.74) is 0. The Balaban J connectivity index is 5.23. The number of ether oxygens (including phenoxy) is 4. The molecule has 530 valence electrons. The number of carbonyl (C=O) groups excluding carboxylic acids is 4. The maximum Gasteiger partial charge on any atom is 0.472 e. The first kappa shape index (κ1) is 87.5. The Kier molecular flexibility index (Phi) is 62.2. The van der Waals surface area contributed by atoms with Gasteiger partial charge in [0.15, 0.2) is 12.2 Å². The highest BCUT2D eigenvalue weighted by Crippen LogP contribution is 2.45. The lowest BCUT2D eigenvalue weighted by Gasteiger charge is -2.21. The molecule has 6 atom stereocenters. The van der Waals surface area contributed by atoms with Crippen LogP contribution in [-0.4, -0.2) is 96.7 Å². The van der Waals surface area contributed by atoms with Crippen LogP contribution in [0, 0.1) is 5.92 Å². The van der Waals surface area contributed by atoms with Crippen LogP contribution in [0.3, 0.4) is 0 Å². The maximum absolute atomic E-state index is 13.0. The number of hydrogen-bond acceptors (Lipinski definition) is 15. The molecule has 0 spiro atoms. The molecule has 0 saturated heterocycles. The Morgan fingerprint density at radius 1 is 0.356 bits per heavy atom. The van der Waals surface area contributed by atoms with Crippen LogP contribution >= 0.6 is 15.6 Å². The molecule has 0 rings (SSSR count). The molecule has 0 heterocycles. The lowest BCUT2D eigenvalue weighted by Crippen LogP contribution is -2.30. The molecule has 3 unspecified atom stereocenters. The second-order valence-electron chi connectivity index (χ2n) is 25.2. The minimum absolute atomic E-state index is 0.101. The third kappa shape index (κ3) is 63.0. The molecule has 17 nitrogen and oxygen atoms in total. The van der Waals surface area contributed by atoms with E-state index in [0.717, 1.165) is 128 Å². The molecule has 0 radical (unpaired) electrons. The van der Waals surface area contributed by atoms with E-state index < -0.39 is 97.5 Å². The van der Waals surface area contributed by atoms with Gasteiger partial charge < -0.3 is 33.8 Å². The summed E-state index contributed by atoms with van der Waals surface area (Å²) in [5.74, 6) is -1.31. The molecule has 0 fully saturated rings. The van der Waals surface area contributed by atoms with E-state index in [9.17, 15) is 43.2 Å². The molecule has 0 aliphatic heterocycles. The quantitative estimate of drug-likeness (QED) is 0.0169. The van der Waals surface area contributed by atoms with Gasteiger partial charge >= 0.3 is 39.5 Å². The second kappa shape index (κ2) is 63.9. The minimum Gasteiger partial charge on any atom is -0.462 e. The van der Waals surface area contributed by atoms with Crippen molar-refractivity contribution in [2.75, 3.05) is 39.6 Å². The number of aliphatic hydroxyl groups is 1. The fraction of sp³-hybridized carbons (Fsp3) is 0.887. The van der Waals surface area contributed by atoms with Crippen molar-refractivity contribution in [2.24, 2.45) is 5.92 Å². The van der Waals surface area contributed by atoms with Gasteiger partial charge in [-0.3, -0.25) is 37.3 Å². The summed E-state index contributed by atoms with van der Waals surface area (Å²) in [7, 11) is -9.90. The predicted octanol–water partition coefficient (Wildman–Crippen LogP) is 20.1. The summed E-state index contributed by atoms with van der Waals surface area (Å²) in [6, 6.07) is 0. The normalized spacial score (nSPS) is 14.5. The number of carbonyl (C=O) groups is 4. The SMILES string of the molecule is CCCCCC/C=C\C=C/CCCCCCCC(=O)OC[C@H](COP(=O)(O)OC[C@@H](O)COP(=O)(O)OC[C@@H](COC(=O)CCCCCCCCC)OC(=O)CCCCCCCCCCCC)OC(=O)CCCCCCCCCCCCCCCCC(C)CC. The number of phosphoric acid groups is 2. The van der Waals surface area contributed by atoms with E-state index in [0.29, 0.717) is 25.7 Å². The highest BCUT2D eigenvalue weighted by Gasteiger charge is 2.30. The van der Waals surface area contributed by atoms with Gasteiger partial charge in [-0.25, -0.2) is 9.13 Å². The van der Waals surface area contributed by atoms with Crippen LogP contribution in [0.5, 0.6) is 0 Å². The third-order valence-electron chi connectivity index (χ3n) is 16.3. The zero-order chi connectivity index (χ0) is 66.3. The third-order valence-corrected chi connectivity index (χ3v) is 18.2. The fourth-order valence-electron chi connectivity index (χ4n) is 10.2. The van der Waals surface area contributed by atoms with Crippen LogP contribution in [0.4, 0.5) is 0 Å². The van der Waals surface area contributed by atoms with Gasteiger partial charge in [-0.15, -0.1) is 0 Å². The van der Waals surface area contributed by atoms with Crippen molar-refractivity contribution in [1.29, 1.82) is 0 Å². The van der Waals surface area contributed by atoms with E-state index in [1.54, 1.807) is 0 Å². The molecule has 0 amide bonds. The molecule has 0 saturated carbocycles. The van der Waals surface area contributed by atoms with E-state index in [2.05, 4.69) is 58.9 Å². The fourth-order valence-corrected chi connectivity index (χ4v) is 11.8. The predicted molar refractivity (Wildman–Crippen MR) is 363 cm³/mol. The van der Waals surface area contributed by atoms with E-state index in [1.165, 1.54) is 135 Å². The Bertz CT molecular complexity index is 1830. The standard InChI is InChI=1S/C71H134O17P2/c1-6-10-13-16-19-21-23-24-25-29-32-36-40-45-50-55-69(74)82-61-67(88-71(76)57-52-47-42-37-33-30-27-26-28-31-34-39-43-48-53-64(5)9-4)63-86-90(79,80)84-59-65(72)58-83-89(77,78)85-62-66(60-81-68(73)54-49-44-38-18-15-12-8-3)87-70(75)56-51-46-41-35-22-20-17-14-11-7-2/h21,23-25,64-67,72H,6-20,22,26-63H2,1-5H3,(H,77,78)(H,79,80)/b23-21-,25-24-/t64?,65-,66+,67+/m0/s1. The number of rotatable bonds is 69. The molecule has 0 aliphatic carbocycles. The smallest absolute Gasteiger partial charge is 0.462 e. The average Bonchev–Trinajstić information content (AvgIpc) is 2.09. The molecule has 0 bridgehead atoms. The molecule has 0 aromatic carbocycles. The van der Waals surface area contributed by atoms with Gasteiger partial charge in [0.2, 0.25) is 0 Å². The van der Waals surface area contributed by atoms with Gasteiger partial charge in [0.1, 0.15) is 19.3 Å². The molecule has 0 aromatic heterocycles. The van der Waals surface area contributed by atoms with Crippen molar-refractivity contribution < 1.29 is 80.2 Å². The number of esters is 4. The summed E-state index contributed by atoms with van der Waals surface area (Å²) in [6.07, 6.45) is 53.6. The van der Waals surface area contributed by atoms with Crippen LogP contribution in [0.2, 0.25) is 0 Å². The summed E-state index contributed by atoms with van der Waals surface area (Å²) in [4.78, 5) is 72.4. The summed E-state index contributed by atoms with van der Waals surface area (Å²) < 4.78 is 68.1. The first-order valence-corrected chi connectivity index (χ1v) is 39.5. The molecular formula is C71H134O17P2. The number of aliphatic hydroxyl groups excluding tert-OH is 1. The largest absolute Gasteiger partial charge is 0.472 e. The molecule has 90 heavy (non-hydrogen) atoms. The van der Waals surface area contributed by atoms with Crippen LogP contribution in [0.25, 0.3) is 0 Å². The average molecular weight is 1320 g/mol. The van der Waals surface area contributed by atoms with Crippen molar-refractivity contribution in [3.8, 4) is 0 Å². The van der Waals surface area contributed by atoms with Gasteiger partial charge in [0, 0.05) is 25.7 Å². The van der Waals surface area contributed by atoms with E-state index >= 15 is 0 Å². The first-order chi connectivity index (χ1) is 43.6. The highest BCUT2D eigenvalue weighted by molar-refractivity contribution is 7.47. The zero-order valence-corrected chi connectivity index (χ0v) is 59.5. The van der Waals surface area contributed by atoms with E-state index in [-0.39, 0.29) is 25.7 Å². The van der Waals surface area contributed by atoms with Crippen LogP contribution in [0.1, 0.15) is 343 Å². The topological polar surface area (TPSA) is 237 Å². The monoisotopic (exact) mass is 1320 g/mol. The summed E-state index contributed by atoms with van der Waals surface area (Å²) in [5, 5.41) is 10.6. The molecule has 3 N–H and O–H groups in total. The Morgan fingerprint density at radius 2 is 0.622 bits per heavy atom. The first-order valence-electron chi connectivity index (χ1n) is 36.5. The van der Waals surface area contributed by atoms with Crippen LogP contribution in [-0.2, 0) is 65.4 Å². The van der Waals surface area contributed by atoms with Crippen LogP contribution in [0.15, 0.2) is 24.3 Å². The van der Waals surface area contributed by atoms with Gasteiger partial charge in [-0.05, 0) is 57.3 Å². The van der Waals surface area contributed by atoms with Gasteiger partial charge in [0.25, 0.3) is 0 Å². The minimum atomic E-state index is -4.96. The maximum atomic E-state index is 13.0. The second-order valence-corrected chi connectivity index (χ2v) is 28.1. The van der Waals surface area contributed by atoms with E-state index in [1.807, 2.05) is 0 Å². The van der Waals surface area contributed by atoms with Crippen molar-refractivity contribution in [3.63, 3.8) is 0 Å². The Hall–Kier alpha value is -2.46. The van der Waals surface area contributed by atoms with E-state index in [4.69, 9.17) is 37.0 Å². The van der Waals surface area contributed by atoms with Crippen molar-refractivity contribution in [2.45, 2.75) is 361 Å². The lowest BCUT2D eigenvalue weighted by atomic mass is 9.99. The number of unbranched alkanes of at least 4 members (excludes halogenated alkanes) is 37. The number of hydrogen-bond donors (Lipinski definition) is 3. The summed E-state index contributed by atoms with van der Waals surface area (Å²) >= 11 is 0. The lowest BCUT2D eigenvalue weighted by molar-refractivity contribution is -0.161. The van der Waals surface area contributed by atoms with Crippen LogP contribution < -0.4 is 0 Å². The number of phosphoric ester groups is 2. The Morgan fingerprint density at radius 3 is 0.944 bits per heavy atom. The van der Waals surface area contributed by atoms with Gasteiger partial charge in [0.05, 0.1) is 26.4 Å². The zero-order valence-electron chi connectivity index (χ0n) is 57.8.